The molecule has 0 radical (unpaired) electrons. The second kappa shape index (κ2) is 7.18. The van der Waals surface area contributed by atoms with Gasteiger partial charge in [0, 0.05) is 19.1 Å². The average molecular weight is 308 g/mol. The Morgan fingerprint density at radius 1 is 1.45 bits per heavy atom. The summed E-state index contributed by atoms with van der Waals surface area (Å²) in [6.45, 7) is 9.90. The fourth-order valence-electron chi connectivity index (χ4n) is 2.62. The first-order valence-electron chi connectivity index (χ1n) is 8.09. The molecule has 1 aromatic rings. The number of hydrogen-bond donors (Lipinski definition) is 1. The lowest BCUT2D eigenvalue weighted by Crippen LogP contribution is -2.44. The molecule has 1 aliphatic rings. The Balaban J connectivity index is 1.89. The minimum absolute atomic E-state index is 0.213. The molecule has 1 saturated heterocycles. The highest BCUT2D eigenvalue weighted by molar-refractivity contribution is 5.68. The molecule has 0 bridgehead atoms. The Labute approximate surface area is 133 Å². The topological polar surface area (TPSA) is 54.7 Å². The lowest BCUT2D eigenvalue weighted by atomic mass is 10.1. The Kier molecular flexibility index (Phi) is 5.51. The molecule has 1 amide bonds. The van der Waals surface area contributed by atoms with Crippen LogP contribution in [0.15, 0.2) is 16.7 Å². The zero-order valence-corrected chi connectivity index (χ0v) is 14.1. The van der Waals surface area contributed by atoms with Gasteiger partial charge in [-0.15, -0.1) is 0 Å². The summed E-state index contributed by atoms with van der Waals surface area (Å²) < 4.78 is 11.0. The first kappa shape index (κ1) is 16.9. The fourth-order valence-corrected chi connectivity index (χ4v) is 2.62. The van der Waals surface area contributed by atoms with Gasteiger partial charge < -0.3 is 19.4 Å². The van der Waals surface area contributed by atoms with Crippen LogP contribution in [0.5, 0.6) is 0 Å². The smallest absolute Gasteiger partial charge is 0.410 e. The summed E-state index contributed by atoms with van der Waals surface area (Å²) in [5.74, 6) is 0.966. The average Bonchev–Trinajstić information content (AvgIpc) is 2.69. The number of nitrogens with one attached hydrogen (secondary N) is 1. The van der Waals surface area contributed by atoms with Crippen LogP contribution in [0.2, 0.25) is 0 Å². The highest BCUT2D eigenvalue weighted by Crippen LogP contribution is 2.16. The fraction of sp³-hybridized carbons (Fsp3) is 0.706. The van der Waals surface area contributed by atoms with Gasteiger partial charge >= 0.3 is 6.09 Å². The Morgan fingerprint density at radius 3 is 2.86 bits per heavy atom. The van der Waals surface area contributed by atoms with Crippen molar-refractivity contribution in [3.8, 4) is 0 Å². The number of likely N-dealkylation sites (tertiary alicyclic amines) is 1. The van der Waals surface area contributed by atoms with Crippen molar-refractivity contribution >= 4 is 6.09 Å². The maximum Gasteiger partial charge on any atom is 0.410 e. The van der Waals surface area contributed by atoms with E-state index in [2.05, 4.69) is 5.32 Å². The van der Waals surface area contributed by atoms with Crippen molar-refractivity contribution < 1.29 is 13.9 Å². The number of nitrogens with zero attached hydrogens (tertiary/aromatic N) is 1. The molecule has 1 atom stereocenters. The number of amides is 1. The molecular formula is C17H28N2O3. The van der Waals surface area contributed by atoms with E-state index in [1.54, 1.807) is 6.26 Å². The van der Waals surface area contributed by atoms with Gasteiger partial charge in [0.25, 0.3) is 0 Å². The molecule has 1 aliphatic heterocycles. The largest absolute Gasteiger partial charge is 0.468 e. The predicted molar refractivity (Wildman–Crippen MR) is 85.7 cm³/mol. The molecule has 0 saturated carbocycles. The zero-order valence-electron chi connectivity index (χ0n) is 14.1. The van der Waals surface area contributed by atoms with Crippen LogP contribution in [0.25, 0.3) is 0 Å². The Bertz CT molecular complexity index is 490. The lowest BCUT2D eigenvalue weighted by Gasteiger charge is -2.28. The molecule has 1 fully saturated rings. The van der Waals surface area contributed by atoms with E-state index < -0.39 is 5.60 Å². The van der Waals surface area contributed by atoms with Crippen LogP contribution in [-0.2, 0) is 11.3 Å². The number of hydrogen-bond acceptors (Lipinski definition) is 4. The molecule has 0 aromatic carbocycles. The monoisotopic (exact) mass is 308 g/mol. The number of rotatable bonds is 3. The van der Waals surface area contributed by atoms with E-state index in [4.69, 9.17) is 9.15 Å². The Hall–Kier alpha value is -1.49. The summed E-state index contributed by atoms with van der Waals surface area (Å²) in [5.41, 5.74) is 0.711. The molecular weight excluding hydrogens is 280 g/mol. The minimum Gasteiger partial charge on any atom is -0.468 e. The summed E-state index contributed by atoms with van der Waals surface area (Å²) in [6, 6.07) is 2.25. The van der Waals surface area contributed by atoms with Crippen LogP contribution in [-0.4, -0.2) is 35.7 Å². The Morgan fingerprint density at radius 2 is 2.23 bits per heavy atom. The van der Waals surface area contributed by atoms with Crippen molar-refractivity contribution in [2.24, 2.45) is 0 Å². The summed E-state index contributed by atoms with van der Waals surface area (Å²) in [7, 11) is 0. The maximum absolute atomic E-state index is 12.3. The summed E-state index contributed by atoms with van der Waals surface area (Å²) >= 11 is 0. The van der Waals surface area contributed by atoms with Gasteiger partial charge in [0.1, 0.15) is 11.4 Å². The highest BCUT2D eigenvalue weighted by atomic mass is 16.6. The van der Waals surface area contributed by atoms with E-state index >= 15 is 0 Å². The maximum atomic E-state index is 12.3. The molecule has 124 valence electrons. The van der Waals surface area contributed by atoms with E-state index in [1.807, 2.05) is 38.7 Å². The van der Waals surface area contributed by atoms with Crippen LogP contribution in [0.1, 0.15) is 51.4 Å². The van der Waals surface area contributed by atoms with Crippen LogP contribution >= 0.6 is 0 Å². The van der Waals surface area contributed by atoms with Crippen LogP contribution in [0.3, 0.4) is 0 Å². The van der Waals surface area contributed by atoms with Crippen molar-refractivity contribution in [2.45, 2.75) is 65.1 Å². The van der Waals surface area contributed by atoms with E-state index in [1.165, 1.54) is 0 Å². The summed E-state index contributed by atoms with van der Waals surface area (Å²) in [6.07, 6.45) is 4.71. The quantitative estimate of drug-likeness (QED) is 0.929. The molecule has 0 spiro atoms. The van der Waals surface area contributed by atoms with Gasteiger partial charge in [0.15, 0.2) is 0 Å². The SMILES string of the molecule is Cc1ccoc1CNC1CCCCN(C(=O)OC(C)(C)C)C1. The van der Waals surface area contributed by atoms with Crippen molar-refractivity contribution in [1.82, 2.24) is 10.2 Å². The third-order valence-corrected chi connectivity index (χ3v) is 3.84. The lowest BCUT2D eigenvalue weighted by molar-refractivity contribution is 0.0243. The number of furan rings is 1. The third-order valence-electron chi connectivity index (χ3n) is 3.84. The molecule has 5 heteroatoms. The first-order valence-corrected chi connectivity index (χ1v) is 8.09. The summed E-state index contributed by atoms with van der Waals surface area (Å²) in [5, 5.41) is 3.51. The van der Waals surface area contributed by atoms with E-state index in [9.17, 15) is 4.79 Å². The number of aryl methyl sites for hydroxylation is 1. The van der Waals surface area contributed by atoms with Gasteiger partial charge in [-0.1, -0.05) is 6.42 Å². The van der Waals surface area contributed by atoms with Gasteiger partial charge in [-0.3, -0.25) is 0 Å². The van der Waals surface area contributed by atoms with Crippen LogP contribution < -0.4 is 5.32 Å². The third kappa shape index (κ3) is 5.05. The summed E-state index contributed by atoms with van der Waals surface area (Å²) in [4.78, 5) is 14.1. The second-order valence-electron chi connectivity index (χ2n) is 7.03. The molecule has 2 heterocycles. The van der Waals surface area contributed by atoms with E-state index in [0.717, 1.165) is 37.1 Å². The molecule has 1 unspecified atom stereocenters. The van der Waals surface area contributed by atoms with Crippen LogP contribution in [0, 0.1) is 6.92 Å². The van der Waals surface area contributed by atoms with E-state index in [0.29, 0.717) is 13.1 Å². The van der Waals surface area contributed by atoms with Crippen LogP contribution in [0.4, 0.5) is 4.79 Å². The molecule has 2 rings (SSSR count). The molecule has 1 N–H and O–H groups in total. The second-order valence-corrected chi connectivity index (χ2v) is 7.03. The number of carbonyl (C=O) groups is 1. The van der Waals surface area contributed by atoms with Gasteiger partial charge in [0.05, 0.1) is 12.8 Å². The molecule has 0 aliphatic carbocycles. The number of carbonyl (C=O) groups excluding carboxylic acids is 1. The predicted octanol–water partition coefficient (Wildman–Crippen LogP) is 3.47. The van der Waals surface area contributed by atoms with Crippen molar-refractivity contribution in [3.63, 3.8) is 0 Å². The van der Waals surface area contributed by atoms with Gasteiger partial charge in [-0.05, 0) is 52.2 Å². The van der Waals surface area contributed by atoms with Gasteiger partial charge in [0.2, 0.25) is 0 Å². The van der Waals surface area contributed by atoms with Crippen molar-refractivity contribution in [3.05, 3.63) is 23.7 Å². The number of ether oxygens (including phenoxy) is 1. The highest BCUT2D eigenvalue weighted by Gasteiger charge is 2.26. The standard InChI is InChI=1S/C17H28N2O3/c1-13-8-10-21-15(13)11-18-14-7-5-6-9-19(12-14)16(20)22-17(2,3)4/h8,10,14,18H,5-7,9,11-12H2,1-4H3. The van der Waals surface area contributed by atoms with E-state index in [-0.39, 0.29) is 12.1 Å². The van der Waals surface area contributed by atoms with Gasteiger partial charge in [-0.25, -0.2) is 4.79 Å². The normalized spacial score (nSPS) is 19.8. The van der Waals surface area contributed by atoms with Crippen molar-refractivity contribution in [1.29, 1.82) is 0 Å². The van der Waals surface area contributed by atoms with Gasteiger partial charge in [-0.2, -0.15) is 0 Å². The molecule has 5 nitrogen and oxygen atoms in total. The van der Waals surface area contributed by atoms with Crippen molar-refractivity contribution in [2.75, 3.05) is 13.1 Å². The molecule has 22 heavy (non-hydrogen) atoms. The minimum atomic E-state index is -0.447. The first-order chi connectivity index (χ1) is 10.3. The molecule has 1 aromatic heterocycles. The zero-order chi connectivity index (χ0) is 16.2.